The van der Waals surface area contributed by atoms with Crippen LogP contribution in [0.2, 0.25) is 0 Å². The van der Waals surface area contributed by atoms with E-state index in [2.05, 4.69) is 37.4 Å². The molecule has 5 saturated carbocycles. The third kappa shape index (κ3) is 5.54. The largest absolute Gasteiger partial charge is 0.478 e. The van der Waals surface area contributed by atoms with Crippen LogP contribution in [0.25, 0.3) is 0 Å². The lowest BCUT2D eigenvalue weighted by atomic mass is 9.41. The zero-order chi connectivity index (χ0) is 30.7. The van der Waals surface area contributed by atoms with Crippen molar-refractivity contribution >= 4 is 15.9 Å². The first-order chi connectivity index (χ1) is 20.4. The van der Waals surface area contributed by atoms with Crippen molar-refractivity contribution in [3.05, 3.63) is 23.9 Å². The zero-order valence-corrected chi connectivity index (χ0v) is 27.2. The summed E-state index contributed by atoms with van der Waals surface area (Å²) in [5, 5.41) is 22.0. The maximum Gasteiger partial charge on any atom is 0.266 e. The van der Waals surface area contributed by atoms with Gasteiger partial charge < -0.3 is 14.9 Å². The van der Waals surface area contributed by atoms with Gasteiger partial charge in [0.1, 0.15) is 0 Å². The summed E-state index contributed by atoms with van der Waals surface area (Å²) in [5.41, 5.74) is 0.633. The van der Waals surface area contributed by atoms with Crippen molar-refractivity contribution in [1.29, 1.82) is 0 Å². The van der Waals surface area contributed by atoms with Crippen LogP contribution in [0.3, 0.4) is 0 Å². The first-order valence-electron chi connectivity index (χ1n) is 16.9. The van der Waals surface area contributed by atoms with Crippen LogP contribution in [-0.2, 0) is 10.0 Å². The van der Waals surface area contributed by atoms with Gasteiger partial charge in [0.2, 0.25) is 15.9 Å². The molecule has 1 heterocycles. The van der Waals surface area contributed by atoms with Crippen molar-refractivity contribution in [3.8, 4) is 5.88 Å². The van der Waals surface area contributed by atoms with Crippen molar-refractivity contribution in [2.24, 2.45) is 52.3 Å². The van der Waals surface area contributed by atoms with Gasteiger partial charge in [-0.25, -0.2) is 18.1 Å². The summed E-state index contributed by atoms with van der Waals surface area (Å²) in [6.45, 7) is 10.1. The molecule has 5 aliphatic rings. The van der Waals surface area contributed by atoms with Crippen LogP contribution in [0.1, 0.15) is 109 Å². The van der Waals surface area contributed by atoms with Gasteiger partial charge in [0.15, 0.2) is 0 Å². The topological polar surface area (TPSA) is 126 Å². The van der Waals surface area contributed by atoms with Crippen molar-refractivity contribution in [2.75, 3.05) is 6.61 Å². The highest BCUT2D eigenvalue weighted by Gasteiger charge is 2.64. The maximum atomic E-state index is 12.3. The molecule has 8 nitrogen and oxygen atoms in total. The first kappa shape index (κ1) is 31.3. The quantitative estimate of drug-likeness (QED) is 0.342. The second-order valence-corrected chi connectivity index (χ2v) is 17.3. The van der Waals surface area contributed by atoms with Gasteiger partial charge in [0.05, 0.1) is 29.6 Å². The Morgan fingerprint density at radius 3 is 2.44 bits per heavy atom. The monoisotopic (exact) mass is 616 g/mol. The van der Waals surface area contributed by atoms with Gasteiger partial charge in [-0.15, -0.1) is 0 Å². The number of fused-ring (bicyclic) bond motifs is 5. The fraction of sp³-hybridized carbons (Fsp3) is 0.824. The van der Waals surface area contributed by atoms with E-state index in [-0.39, 0.29) is 34.5 Å². The van der Waals surface area contributed by atoms with Gasteiger partial charge >= 0.3 is 0 Å². The number of aliphatic hydroxyl groups is 2. The Labute approximate surface area is 257 Å². The molecular formula is C34H52N2O6S. The fourth-order valence-corrected chi connectivity index (χ4v) is 12.0. The highest BCUT2D eigenvalue weighted by atomic mass is 32.2. The molecule has 240 valence electrons. The van der Waals surface area contributed by atoms with Crippen LogP contribution >= 0.6 is 0 Å². The van der Waals surface area contributed by atoms with Gasteiger partial charge in [0.25, 0.3) is 5.91 Å². The Morgan fingerprint density at radius 1 is 1.05 bits per heavy atom. The number of rotatable bonds is 9. The summed E-state index contributed by atoms with van der Waals surface area (Å²) < 4.78 is 32.3. The van der Waals surface area contributed by atoms with Crippen molar-refractivity contribution in [1.82, 2.24) is 9.71 Å². The zero-order valence-electron chi connectivity index (χ0n) is 26.4. The number of hydrogen-bond acceptors (Lipinski definition) is 7. The molecule has 1 amide bonds. The lowest BCUT2D eigenvalue weighted by Gasteiger charge is -2.64. The minimum absolute atomic E-state index is 0.199. The predicted octanol–water partition coefficient (Wildman–Crippen LogP) is 5.34. The molecule has 0 radical (unpaired) electrons. The number of amides is 1. The molecule has 0 unspecified atom stereocenters. The van der Waals surface area contributed by atoms with E-state index in [4.69, 9.17) is 4.74 Å². The summed E-state index contributed by atoms with van der Waals surface area (Å²) in [5.74, 6) is 2.97. The number of carbonyl (C=O) groups is 1. The minimum atomic E-state index is -3.60. The predicted molar refractivity (Wildman–Crippen MR) is 165 cm³/mol. The third-order valence-corrected chi connectivity index (χ3v) is 15.0. The SMILES string of the molecule is CC[C@H]1[C@@H](O)[C@@H]2[C@H](CC[C@]3(C)[C@@H]([C@H](C)CCOc4ccc(C(=O)NS(=O)(=O)C5CC5)cn4)CC[C@@H]23)[C@@]2(C)CC[C@@H](O)C[C@@H]12. The number of nitrogens with zero attached hydrogens (tertiary/aromatic N) is 1. The van der Waals surface area contributed by atoms with Crippen LogP contribution in [-0.4, -0.2) is 53.6 Å². The number of nitrogens with one attached hydrogen (secondary N) is 1. The Hall–Kier alpha value is -1.71. The molecule has 0 bridgehead atoms. The number of aromatic nitrogens is 1. The van der Waals surface area contributed by atoms with Crippen LogP contribution < -0.4 is 9.46 Å². The van der Waals surface area contributed by atoms with Gasteiger partial charge in [-0.3, -0.25) is 4.79 Å². The summed E-state index contributed by atoms with van der Waals surface area (Å²) in [4.78, 5) is 16.6. The Morgan fingerprint density at radius 2 is 1.77 bits per heavy atom. The third-order valence-electron chi connectivity index (χ3n) is 13.2. The maximum absolute atomic E-state index is 12.3. The molecule has 3 N–H and O–H groups in total. The Balaban J connectivity index is 1.07. The van der Waals surface area contributed by atoms with E-state index in [0.717, 1.165) is 32.1 Å². The Kier molecular flexibility index (Phi) is 8.42. The number of sulfonamides is 1. The van der Waals surface area contributed by atoms with Crippen LogP contribution in [0.5, 0.6) is 5.88 Å². The molecular weight excluding hydrogens is 564 g/mol. The molecule has 11 atom stereocenters. The number of ether oxygens (including phenoxy) is 1. The highest BCUT2D eigenvalue weighted by molar-refractivity contribution is 7.91. The van der Waals surface area contributed by atoms with Gasteiger partial charge in [-0.05, 0) is 123 Å². The number of aliphatic hydroxyl groups excluding tert-OH is 2. The Bertz CT molecular complexity index is 1280. The van der Waals surface area contributed by atoms with Gasteiger partial charge in [-0.2, -0.15) is 0 Å². The standard InChI is InChI=1S/C34H52N2O6S/c1-5-24-28-18-22(37)12-15-34(28,4)27-13-16-33(3)25(9-10-26(33)30(27)31(24)38)20(2)14-17-42-29-11-6-21(19-35-29)32(39)36-43(40,41)23-7-8-23/h6,11,19-20,22-28,30-31,37-38H,5,7-10,12-18H2,1-4H3,(H,36,39)/t20-,22-,24-,25-,26+,27+,28+,30+,31-,33-,34-/m1/s1. The van der Waals surface area contributed by atoms with E-state index in [0.29, 0.717) is 60.8 Å². The van der Waals surface area contributed by atoms with Crippen LogP contribution in [0.4, 0.5) is 0 Å². The summed E-state index contributed by atoms with van der Waals surface area (Å²) >= 11 is 0. The molecule has 0 aromatic carbocycles. The molecule has 1 aromatic heterocycles. The first-order valence-corrected chi connectivity index (χ1v) is 18.4. The average molecular weight is 617 g/mol. The van der Waals surface area contributed by atoms with Gasteiger partial charge in [-0.1, -0.05) is 34.1 Å². The molecule has 5 aliphatic carbocycles. The molecule has 0 spiro atoms. The number of pyridine rings is 1. The lowest BCUT2D eigenvalue weighted by molar-refractivity contribution is -0.203. The van der Waals surface area contributed by atoms with Crippen molar-refractivity contribution in [3.63, 3.8) is 0 Å². The smallest absolute Gasteiger partial charge is 0.266 e. The van der Waals surface area contributed by atoms with Crippen LogP contribution in [0.15, 0.2) is 18.3 Å². The molecule has 1 aromatic rings. The lowest BCUT2D eigenvalue weighted by Crippen LogP contribution is -2.62. The molecule has 9 heteroatoms. The van der Waals surface area contributed by atoms with E-state index in [1.54, 1.807) is 12.1 Å². The minimum Gasteiger partial charge on any atom is -0.478 e. The second-order valence-electron chi connectivity index (χ2n) is 15.3. The molecule has 0 aliphatic heterocycles. The summed E-state index contributed by atoms with van der Waals surface area (Å²) in [6, 6.07) is 3.19. The second kappa shape index (κ2) is 11.6. The van der Waals surface area contributed by atoms with E-state index < -0.39 is 21.2 Å². The van der Waals surface area contributed by atoms with Crippen molar-refractivity contribution < 1.29 is 28.2 Å². The normalized spacial score (nSPS) is 41.4. The summed E-state index contributed by atoms with van der Waals surface area (Å²) in [7, 11) is -3.60. The number of hydrogen-bond donors (Lipinski definition) is 3. The highest BCUT2D eigenvalue weighted by Crippen LogP contribution is 2.69. The van der Waals surface area contributed by atoms with E-state index in [1.807, 2.05) is 0 Å². The fourth-order valence-electron chi connectivity index (χ4n) is 10.7. The molecule has 0 saturated heterocycles. The molecule has 43 heavy (non-hydrogen) atoms. The van der Waals surface area contributed by atoms with E-state index >= 15 is 0 Å². The van der Waals surface area contributed by atoms with Crippen LogP contribution in [0, 0.1) is 52.3 Å². The average Bonchev–Trinajstić information content (AvgIpc) is 3.77. The number of carbonyl (C=O) groups excluding carboxylic acids is 1. The van der Waals surface area contributed by atoms with Gasteiger partial charge in [0, 0.05) is 12.3 Å². The van der Waals surface area contributed by atoms with E-state index in [1.165, 1.54) is 31.9 Å². The summed E-state index contributed by atoms with van der Waals surface area (Å²) in [6.07, 6.45) is 11.6. The van der Waals surface area contributed by atoms with Crippen molar-refractivity contribution in [2.45, 2.75) is 116 Å². The van der Waals surface area contributed by atoms with E-state index in [9.17, 15) is 23.4 Å². The molecule has 5 fully saturated rings. The molecule has 6 rings (SSSR count).